The minimum atomic E-state index is -4.43. The van der Waals surface area contributed by atoms with Crippen molar-refractivity contribution in [2.45, 2.75) is 19.1 Å². The number of pyridine rings is 1. The molecule has 1 atom stereocenters. The van der Waals surface area contributed by atoms with E-state index in [0.29, 0.717) is 16.5 Å². The molecule has 0 bridgehead atoms. The van der Waals surface area contributed by atoms with Crippen molar-refractivity contribution >= 4 is 16.9 Å². The van der Waals surface area contributed by atoms with E-state index in [0.717, 1.165) is 0 Å². The third-order valence-electron chi connectivity index (χ3n) is 3.58. The molecule has 1 N–H and O–H groups in total. The van der Waals surface area contributed by atoms with E-state index in [1.54, 1.807) is 31.2 Å². The lowest BCUT2D eigenvalue weighted by atomic mass is 10.1. The zero-order chi connectivity index (χ0) is 18.7. The first kappa shape index (κ1) is 17.7. The molecule has 0 aliphatic rings. The zero-order valence-corrected chi connectivity index (χ0v) is 13.6. The topological polar surface area (TPSA) is 77.2 Å². The molecule has 0 radical (unpaired) electrons. The van der Waals surface area contributed by atoms with Crippen molar-refractivity contribution in [3.8, 4) is 5.88 Å². The summed E-state index contributed by atoms with van der Waals surface area (Å²) in [6.45, 7) is 0.304. The predicted molar refractivity (Wildman–Crippen MR) is 85.7 cm³/mol. The van der Waals surface area contributed by atoms with Gasteiger partial charge in [-0.2, -0.15) is 13.2 Å². The van der Waals surface area contributed by atoms with E-state index in [4.69, 9.17) is 4.52 Å². The number of carbonyl (C=O) groups is 1. The highest BCUT2D eigenvalue weighted by molar-refractivity contribution is 6.04. The standard InChI is InChI=1S/C17H14F3N3O3/c1-10(11-6-7-14(21-8-11)25-9-17(18,19)20)22-16(24)15-12-4-2-3-5-13(12)26-23-15/h2-8,10H,9H2,1H3,(H,22,24). The molecule has 0 spiro atoms. The van der Waals surface area contributed by atoms with Crippen molar-refractivity contribution in [2.24, 2.45) is 0 Å². The highest BCUT2D eigenvalue weighted by Crippen LogP contribution is 2.21. The molecule has 2 aromatic heterocycles. The first-order valence-electron chi connectivity index (χ1n) is 7.64. The second kappa shape index (κ2) is 7.03. The number of rotatable bonds is 5. The Morgan fingerprint density at radius 1 is 1.27 bits per heavy atom. The van der Waals surface area contributed by atoms with Crippen LogP contribution in [-0.2, 0) is 0 Å². The summed E-state index contributed by atoms with van der Waals surface area (Å²) in [5.74, 6) is -0.577. The van der Waals surface area contributed by atoms with Gasteiger partial charge in [0.1, 0.15) is 0 Å². The van der Waals surface area contributed by atoms with Crippen molar-refractivity contribution in [3.05, 3.63) is 53.9 Å². The van der Waals surface area contributed by atoms with E-state index in [1.165, 1.54) is 18.3 Å². The summed E-state index contributed by atoms with van der Waals surface area (Å²) in [6.07, 6.45) is -3.08. The molecule has 0 fully saturated rings. The molecule has 0 saturated heterocycles. The number of hydrogen-bond acceptors (Lipinski definition) is 5. The quantitative estimate of drug-likeness (QED) is 0.747. The number of para-hydroxylation sites is 1. The Morgan fingerprint density at radius 3 is 2.73 bits per heavy atom. The number of nitrogens with zero attached hydrogens (tertiary/aromatic N) is 2. The monoisotopic (exact) mass is 365 g/mol. The van der Waals surface area contributed by atoms with Crippen LogP contribution < -0.4 is 10.1 Å². The largest absolute Gasteiger partial charge is 0.468 e. The minimum Gasteiger partial charge on any atom is -0.468 e. The molecule has 26 heavy (non-hydrogen) atoms. The Kier molecular flexibility index (Phi) is 4.79. The smallest absolute Gasteiger partial charge is 0.422 e. The van der Waals surface area contributed by atoms with E-state index >= 15 is 0 Å². The third-order valence-corrected chi connectivity index (χ3v) is 3.58. The van der Waals surface area contributed by atoms with Gasteiger partial charge in [-0.15, -0.1) is 0 Å². The molecule has 1 unspecified atom stereocenters. The Bertz CT molecular complexity index is 907. The SMILES string of the molecule is CC(NC(=O)c1noc2ccccc12)c1ccc(OCC(F)(F)F)nc1. The molecule has 1 aromatic carbocycles. The first-order chi connectivity index (χ1) is 12.3. The number of alkyl halides is 3. The molecule has 9 heteroatoms. The number of ether oxygens (including phenoxy) is 1. The molecule has 3 aromatic rings. The predicted octanol–water partition coefficient (Wildman–Crippen LogP) is 3.65. The molecule has 6 nitrogen and oxygen atoms in total. The van der Waals surface area contributed by atoms with E-state index in [9.17, 15) is 18.0 Å². The Morgan fingerprint density at radius 2 is 2.04 bits per heavy atom. The summed E-state index contributed by atoms with van der Waals surface area (Å²) in [5, 5.41) is 7.11. The van der Waals surface area contributed by atoms with Gasteiger partial charge in [-0.25, -0.2) is 4.98 Å². The van der Waals surface area contributed by atoms with Crippen LogP contribution >= 0.6 is 0 Å². The molecule has 0 saturated carbocycles. The van der Waals surface area contributed by atoms with Crippen LogP contribution in [0.3, 0.4) is 0 Å². The summed E-state index contributed by atoms with van der Waals surface area (Å²) < 4.78 is 46.0. The Labute approximate surface area is 146 Å². The van der Waals surface area contributed by atoms with Crippen LogP contribution in [0.15, 0.2) is 47.1 Å². The lowest BCUT2D eigenvalue weighted by Crippen LogP contribution is -2.27. The molecule has 3 rings (SSSR count). The van der Waals surface area contributed by atoms with Crippen LogP contribution in [0, 0.1) is 0 Å². The fourth-order valence-electron chi connectivity index (χ4n) is 2.29. The van der Waals surface area contributed by atoms with Gasteiger partial charge in [0, 0.05) is 12.3 Å². The van der Waals surface area contributed by atoms with E-state index in [1.807, 2.05) is 0 Å². The number of aromatic nitrogens is 2. The summed E-state index contributed by atoms with van der Waals surface area (Å²) in [7, 11) is 0. The van der Waals surface area contributed by atoms with Crippen LogP contribution in [0.4, 0.5) is 13.2 Å². The molecule has 2 heterocycles. The third kappa shape index (κ3) is 4.11. The Balaban J connectivity index is 1.66. The lowest BCUT2D eigenvalue weighted by molar-refractivity contribution is -0.154. The second-order valence-electron chi connectivity index (χ2n) is 5.56. The summed E-state index contributed by atoms with van der Waals surface area (Å²) >= 11 is 0. The van der Waals surface area contributed by atoms with Crippen LogP contribution in [0.5, 0.6) is 5.88 Å². The highest BCUT2D eigenvalue weighted by atomic mass is 19.4. The van der Waals surface area contributed by atoms with Gasteiger partial charge in [0.05, 0.1) is 11.4 Å². The maximum Gasteiger partial charge on any atom is 0.422 e. The normalized spacial score (nSPS) is 12.8. The molecular weight excluding hydrogens is 351 g/mol. The van der Waals surface area contributed by atoms with Crippen LogP contribution in [-0.4, -0.2) is 28.8 Å². The number of halogens is 3. The molecule has 136 valence electrons. The van der Waals surface area contributed by atoms with Gasteiger partial charge >= 0.3 is 6.18 Å². The van der Waals surface area contributed by atoms with Gasteiger partial charge in [-0.1, -0.05) is 23.4 Å². The van der Waals surface area contributed by atoms with Gasteiger partial charge in [-0.3, -0.25) is 4.79 Å². The van der Waals surface area contributed by atoms with Crippen molar-refractivity contribution < 1.29 is 27.2 Å². The number of carbonyl (C=O) groups excluding carboxylic acids is 1. The van der Waals surface area contributed by atoms with E-state index in [-0.39, 0.29) is 11.6 Å². The average Bonchev–Trinajstić information content (AvgIpc) is 3.04. The van der Waals surface area contributed by atoms with Crippen molar-refractivity contribution in [3.63, 3.8) is 0 Å². The van der Waals surface area contributed by atoms with E-state index in [2.05, 4.69) is 20.2 Å². The molecule has 0 aliphatic heterocycles. The molecule has 1 amide bonds. The van der Waals surface area contributed by atoms with Gasteiger partial charge in [0.2, 0.25) is 5.88 Å². The lowest BCUT2D eigenvalue weighted by Gasteiger charge is -2.14. The number of hydrogen-bond donors (Lipinski definition) is 1. The van der Waals surface area contributed by atoms with Crippen LogP contribution in [0.25, 0.3) is 11.0 Å². The van der Waals surface area contributed by atoms with Crippen molar-refractivity contribution in [1.82, 2.24) is 15.5 Å². The van der Waals surface area contributed by atoms with Gasteiger partial charge in [-0.05, 0) is 24.6 Å². The second-order valence-corrected chi connectivity index (χ2v) is 5.56. The van der Waals surface area contributed by atoms with Crippen molar-refractivity contribution in [1.29, 1.82) is 0 Å². The maximum atomic E-state index is 12.4. The summed E-state index contributed by atoms with van der Waals surface area (Å²) in [4.78, 5) is 16.2. The molecular formula is C17H14F3N3O3. The van der Waals surface area contributed by atoms with Crippen LogP contribution in [0.1, 0.15) is 29.0 Å². The van der Waals surface area contributed by atoms with Gasteiger partial charge < -0.3 is 14.6 Å². The number of nitrogens with one attached hydrogen (secondary N) is 1. The summed E-state index contributed by atoms with van der Waals surface area (Å²) in [5.41, 5.74) is 1.26. The minimum absolute atomic E-state index is 0.146. The first-order valence-corrected chi connectivity index (χ1v) is 7.64. The molecule has 0 aliphatic carbocycles. The van der Waals surface area contributed by atoms with Gasteiger partial charge in [0.25, 0.3) is 5.91 Å². The van der Waals surface area contributed by atoms with Crippen LogP contribution in [0.2, 0.25) is 0 Å². The number of amides is 1. The number of benzene rings is 1. The van der Waals surface area contributed by atoms with E-state index < -0.39 is 24.7 Å². The summed E-state index contributed by atoms with van der Waals surface area (Å²) in [6, 6.07) is 9.36. The fraction of sp³-hybridized carbons (Fsp3) is 0.235. The average molecular weight is 365 g/mol. The van der Waals surface area contributed by atoms with Crippen molar-refractivity contribution in [2.75, 3.05) is 6.61 Å². The number of fused-ring (bicyclic) bond motifs is 1. The fourth-order valence-corrected chi connectivity index (χ4v) is 2.29. The Hall–Kier alpha value is -3.10. The highest BCUT2D eigenvalue weighted by Gasteiger charge is 2.28. The maximum absolute atomic E-state index is 12.4. The van der Waals surface area contributed by atoms with Gasteiger partial charge in [0.15, 0.2) is 17.9 Å². The zero-order valence-electron chi connectivity index (χ0n) is 13.6.